The number of nitrogens with one attached hydrogen (secondary N) is 1. The number of rotatable bonds is 4. The van der Waals surface area contributed by atoms with E-state index in [-0.39, 0.29) is 23.6 Å². The molecule has 25 heavy (non-hydrogen) atoms. The van der Waals surface area contributed by atoms with E-state index >= 15 is 0 Å². The number of anilines is 1. The second kappa shape index (κ2) is 5.89. The Morgan fingerprint density at radius 2 is 1.96 bits per heavy atom. The van der Waals surface area contributed by atoms with Gasteiger partial charge in [-0.05, 0) is 24.3 Å². The summed E-state index contributed by atoms with van der Waals surface area (Å²) in [6.45, 7) is 0. The van der Waals surface area contributed by atoms with Crippen LogP contribution in [0, 0.1) is 5.92 Å². The Labute approximate surface area is 143 Å². The molecular formula is C18H18F3N3O. The molecule has 0 saturated heterocycles. The van der Waals surface area contributed by atoms with E-state index in [9.17, 15) is 18.0 Å². The molecule has 4 rings (SSSR count). The van der Waals surface area contributed by atoms with Gasteiger partial charge >= 0.3 is 6.18 Å². The summed E-state index contributed by atoms with van der Waals surface area (Å²) in [5.74, 6) is 0.425. The standard InChI is InChI=1S/C18H18F3N3O/c19-18(20,21)16-9-14(12-4-2-1-3-5-12)23-17-13(10-22-24(16)17)15(25)8-11-6-7-11/h1-5,10-11,14,16,23H,6-9H2. The van der Waals surface area contributed by atoms with Gasteiger partial charge in [0, 0.05) is 12.8 Å². The molecule has 2 unspecified atom stereocenters. The van der Waals surface area contributed by atoms with Crippen LogP contribution < -0.4 is 5.32 Å². The van der Waals surface area contributed by atoms with Crippen LogP contribution in [-0.2, 0) is 0 Å². The molecule has 0 amide bonds. The van der Waals surface area contributed by atoms with E-state index in [2.05, 4.69) is 10.4 Å². The second-order valence-electron chi connectivity index (χ2n) is 6.82. The Kier molecular flexibility index (Phi) is 3.81. The minimum Gasteiger partial charge on any atom is -0.363 e. The van der Waals surface area contributed by atoms with E-state index in [1.165, 1.54) is 6.20 Å². The van der Waals surface area contributed by atoms with Gasteiger partial charge in [-0.2, -0.15) is 18.3 Å². The quantitative estimate of drug-likeness (QED) is 0.825. The normalized spacial score (nSPS) is 23.0. The topological polar surface area (TPSA) is 46.9 Å². The van der Waals surface area contributed by atoms with Gasteiger partial charge < -0.3 is 5.32 Å². The molecule has 2 atom stereocenters. The van der Waals surface area contributed by atoms with Crippen molar-refractivity contribution in [2.75, 3.05) is 5.32 Å². The van der Waals surface area contributed by atoms with E-state index in [1.807, 2.05) is 6.07 Å². The number of fused-ring (bicyclic) bond motifs is 1. The van der Waals surface area contributed by atoms with Crippen LogP contribution in [0.3, 0.4) is 0 Å². The van der Waals surface area contributed by atoms with Gasteiger partial charge in [-0.25, -0.2) is 4.68 Å². The van der Waals surface area contributed by atoms with Crippen LogP contribution in [0.4, 0.5) is 19.0 Å². The summed E-state index contributed by atoms with van der Waals surface area (Å²) in [5, 5.41) is 7.01. The number of Topliss-reactive ketones (excluding diaryl/α,β-unsaturated/α-hetero) is 1. The number of nitrogens with zero attached hydrogens (tertiary/aromatic N) is 2. The smallest absolute Gasteiger partial charge is 0.363 e. The fraction of sp³-hybridized carbons (Fsp3) is 0.444. The van der Waals surface area contributed by atoms with Gasteiger partial charge in [-0.1, -0.05) is 30.3 Å². The van der Waals surface area contributed by atoms with Crippen molar-refractivity contribution in [1.29, 1.82) is 0 Å². The third-order valence-electron chi connectivity index (χ3n) is 4.91. The molecule has 1 aromatic heterocycles. The Morgan fingerprint density at radius 3 is 2.60 bits per heavy atom. The molecular weight excluding hydrogens is 331 g/mol. The molecule has 0 radical (unpaired) electrons. The molecule has 0 bridgehead atoms. The molecule has 2 aliphatic rings. The van der Waals surface area contributed by atoms with Gasteiger partial charge in [-0.3, -0.25) is 4.79 Å². The van der Waals surface area contributed by atoms with E-state index < -0.39 is 18.3 Å². The predicted octanol–water partition coefficient (Wildman–Crippen LogP) is 4.53. The van der Waals surface area contributed by atoms with Gasteiger partial charge in [0.05, 0.1) is 17.8 Å². The number of hydrogen-bond donors (Lipinski definition) is 1. The summed E-state index contributed by atoms with van der Waals surface area (Å²) >= 11 is 0. The number of alkyl halides is 3. The Hall–Kier alpha value is -2.31. The SMILES string of the molecule is O=C(CC1CC1)c1cnn2c1NC(c1ccccc1)CC2C(F)(F)F. The molecule has 2 heterocycles. The summed E-state index contributed by atoms with van der Waals surface area (Å²) in [6.07, 6.45) is -0.891. The third-order valence-corrected chi connectivity index (χ3v) is 4.91. The number of hydrogen-bond acceptors (Lipinski definition) is 3. The number of benzene rings is 1. The van der Waals surface area contributed by atoms with Crippen molar-refractivity contribution in [3.8, 4) is 0 Å². The maximum Gasteiger partial charge on any atom is 0.410 e. The largest absolute Gasteiger partial charge is 0.410 e. The van der Waals surface area contributed by atoms with Crippen molar-refractivity contribution < 1.29 is 18.0 Å². The highest BCUT2D eigenvalue weighted by molar-refractivity contribution is 6.00. The molecule has 1 aliphatic heterocycles. The van der Waals surface area contributed by atoms with Crippen LogP contribution in [0.2, 0.25) is 0 Å². The molecule has 7 heteroatoms. The zero-order valence-electron chi connectivity index (χ0n) is 13.5. The van der Waals surface area contributed by atoms with E-state index in [0.29, 0.717) is 12.3 Å². The third kappa shape index (κ3) is 3.15. The lowest BCUT2D eigenvalue weighted by Gasteiger charge is -2.34. The second-order valence-corrected chi connectivity index (χ2v) is 6.82. The monoisotopic (exact) mass is 349 g/mol. The number of aromatic nitrogens is 2. The lowest BCUT2D eigenvalue weighted by molar-refractivity contribution is -0.173. The number of ketones is 1. The number of carbonyl (C=O) groups excluding carboxylic acids is 1. The molecule has 132 valence electrons. The van der Waals surface area contributed by atoms with Gasteiger partial charge in [0.2, 0.25) is 0 Å². The number of halogens is 3. The maximum absolute atomic E-state index is 13.6. The first-order chi connectivity index (χ1) is 11.9. The summed E-state index contributed by atoms with van der Waals surface area (Å²) in [7, 11) is 0. The number of carbonyl (C=O) groups is 1. The van der Waals surface area contributed by atoms with Gasteiger partial charge in [0.25, 0.3) is 0 Å². The Morgan fingerprint density at radius 1 is 1.24 bits per heavy atom. The first kappa shape index (κ1) is 16.2. The fourth-order valence-electron chi connectivity index (χ4n) is 3.36. The maximum atomic E-state index is 13.6. The zero-order chi connectivity index (χ0) is 17.6. The Bertz CT molecular complexity index is 781. The summed E-state index contributed by atoms with van der Waals surface area (Å²) in [4.78, 5) is 12.5. The molecule has 1 N–H and O–H groups in total. The summed E-state index contributed by atoms with van der Waals surface area (Å²) in [5.41, 5.74) is 1.03. The molecule has 1 aliphatic carbocycles. The molecule has 4 nitrogen and oxygen atoms in total. The van der Waals surface area contributed by atoms with E-state index in [1.54, 1.807) is 24.3 Å². The first-order valence-electron chi connectivity index (χ1n) is 8.42. The van der Waals surface area contributed by atoms with Crippen LogP contribution in [0.5, 0.6) is 0 Å². The highest BCUT2D eigenvalue weighted by atomic mass is 19.4. The van der Waals surface area contributed by atoms with E-state index in [4.69, 9.17) is 0 Å². The molecule has 1 aromatic carbocycles. The van der Waals surface area contributed by atoms with Crippen LogP contribution in [-0.4, -0.2) is 21.7 Å². The van der Waals surface area contributed by atoms with Crippen molar-refractivity contribution in [1.82, 2.24) is 9.78 Å². The first-order valence-corrected chi connectivity index (χ1v) is 8.42. The van der Waals surface area contributed by atoms with Crippen molar-refractivity contribution in [3.63, 3.8) is 0 Å². The minimum absolute atomic E-state index is 0.133. The molecule has 2 aromatic rings. The molecule has 0 spiro atoms. The fourth-order valence-corrected chi connectivity index (χ4v) is 3.36. The van der Waals surface area contributed by atoms with Gasteiger partial charge in [0.15, 0.2) is 11.8 Å². The predicted molar refractivity (Wildman–Crippen MR) is 86.4 cm³/mol. The highest BCUT2D eigenvalue weighted by Crippen LogP contribution is 2.45. The Balaban J connectivity index is 1.71. The van der Waals surface area contributed by atoms with Crippen LogP contribution in [0.1, 0.15) is 53.7 Å². The lowest BCUT2D eigenvalue weighted by Crippen LogP contribution is -2.36. The van der Waals surface area contributed by atoms with Crippen molar-refractivity contribution in [3.05, 3.63) is 47.7 Å². The summed E-state index contributed by atoms with van der Waals surface area (Å²) < 4.78 is 41.6. The summed E-state index contributed by atoms with van der Waals surface area (Å²) in [6, 6.07) is 6.75. The van der Waals surface area contributed by atoms with Crippen molar-refractivity contribution in [2.24, 2.45) is 5.92 Å². The minimum atomic E-state index is -4.42. The van der Waals surface area contributed by atoms with Gasteiger partial charge in [-0.15, -0.1) is 0 Å². The average molecular weight is 349 g/mol. The van der Waals surface area contributed by atoms with Gasteiger partial charge in [0.1, 0.15) is 5.82 Å². The zero-order valence-corrected chi connectivity index (χ0v) is 13.5. The van der Waals surface area contributed by atoms with Crippen LogP contribution in [0.25, 0.3) is 0 Å². The lowest BCUT2D eigenvalue weighted by atomic mass is 9.96. The van der Waals surface area contributed by atoms with Crippen molar-refractivity contribution in [2.45, 2.75) is 43.9 Å². The van der Waals surface area contributed by atoms with Crippen LogP contribution in [0.15, 0.2) is 36.5 Å². The van der Waals surface area contributed by atoms with Crippen molar-refractivity contribution >= 4 is 11.6 Å². The van der Waals surface area contributed by atoms with Crippen LogP contribution >= 0.6 is 0 Å². The average Bonchev–Trinajstić information content (AvgIpc) is 3.29. The highest BCUT2D eigenvalue weighted by Gasteiger charge is 2.47. The molecule has 1 saturated carbocycles. The van der Waals surface area contributed by atoms with E-state index in [0.717, 1.165) is 23.1 Å². The molecule has 1 fully saturated rings.